The van der Waals surface area contributed by atoms with Gasteiger partial charge in [-0.05, 0) is 109 Å². The molecule has 19 nitrogen and oxygen atoms in total. The van der Waals surface area contributed by atoms with Crippen LogP contribution >= 0.6 is 0 Å². The molecule has 1 unspecified atom stereocenters. The summed E-state index contributed by atoms with van der Waals surface area (Å²) in [7, 11) is 0. The van der Waals surface area contributed by atoms with Gasteiger partial charge < -0.3 is 56.5 Å². The Morgan fingerprint density at radius 2 is 0.765 bits per heavy atom. The summed E-state index contributed by atoms with van der Waals surface area (Å²) in [4.78, 5) is 102. The third-order valence-corrected chi connectivity index (χ3v) is 14.0. The molecule has 7 N–H and O–H groups in total. The zero-order valence-corrected chi connectivity index (χ0v) is 53.3. The molecule has 98 heavy (non-hydrogen) atoms. The first kappa shape index (κ1) is 81.7. The van der Waals surface area contributed by atoms with E-state index in [9.17, 15) is 117 Å². The van der Waals surface area contributed by atoms with E-state index in [1.54, 1.807) is 41.5 Å². The summed E-state index contributed by atoms with van der Waals surface area (Å²) in [5.74, 6) is -17.4. The molecule has 3 aliphatic heterocycles. The fourth-order valence-corrected chi connectivity index (χ4v) is 9.89. The molecule has 3 aromatic carbocycles. The number of benzene rings is 3. The van der Waals surface area contributed by atoms with Gasteiger partial charge >= 0.3 is 30.7 Å². The second-order valence-electron chi connectivity index (χ2n) is 24.6. The van der Waals surface area contributed by atoms with E-state index in [0.717, 1.165) is 20.8 Å². The molecular weight excluding hydrogens is 1360 g/mol. The SMILES string of the molecule is CC(C)(C)OC(=O)N[C@@H](CC(=O)N1CCCNC(=O)[C@@H]1CC(F)(F)F)Cc1cc(F)c(F)cc1F.CC(C)(C)OC(=O)N[C@@H](CC(=O)N1CCCNC(=O)[C@H]1CC(F)(F)F)Cc1cc(F)c(F)cc1F.N/C(=C\C(=O)N1CCCNC(=O)C1CC(F)(F)F)Cc1cc(F)c(F)cc1F. The van der Waals surface area contributed by atoms with Crippen LogP contribution in [0.15, 0.2) is 48.2 Å². The molecule has 6 rings (SSSR count). The molecule has 0 radical (unpaired) electrons. The molecule has 3 saturated heterocycles. The van der Waals surface area contributed by atoms with E-state index >= 15 is 0 Å². The summed E-state index contributed by atoms with van der Waals surface area (Å²) >= 11 is 0. The minimum absolute atomic E-state index is 0.0661. The zero-order valence-electron chi connectivity index (χ0n) is 53.3. The Kier molecular flexibility index (Phi) is 28.9. The minimum atomic E-state index is -4.74. The second kappa shape index (κ2) is 34.7. The van der Waals surface area contributed by atoms with Crippen LogP contribution in [0.1, 0.15) is 110 Å². The number of carbonyl (C=O) groups is 8. The number of nitrogens with two attached hydrogens (primary N) is 1. The van der Waals surface area contributed by atoms with Crippen LogP contribution in [0.3, 0.4) is 0 Å². The van der Waals surface area contributed by atoms with Gasteiger partial charge in [0.05, 0.1) is 19.3 Å². The summed E-state index contributed by atoms with van der Waals surface area (Å²) in [6.45, 7) is 9.11. The average Bonchev–Trinajstić information content (AvgIpc) is 1.69. The number of rotatable bonds is 16. The van der Waals surface area contributed by atoms with Gasteiger partial charge in [0, 0.05) is 101 Å². The molecule has 0 bridgehead atoms. The van der Waals surface area contributed by atoms with Crippen LogP contribution in [0.25, 0.3) is 0 Å². The van der Waals surface area contributed by atoms with Gasteiger partial charge in [-0.2, -0.15) is 39.5 Å². The number of carbonyl (C=O) groups excluding carboxylic acids is 8. The quantitative estimate of drug-likeness (QED) is 0.0448. The normalized spacial score (nSPS) is 18.1. The number of ether oxygens (including phenoxy) is 2. The molecule has 0 aromatic heterocycles. The highest BCUT2D eigenvalue weighted by Gasteiger charge is 2.45. The second-order valence-corrected chi connectivity index (χ2v) is 24.6. The smallest absolute Gasteiger partial charge is 0.407 e. The van der Waals surface area contributed by atoms with E-state index < -0.39 is 211 Å². The van der Waals surface area contributed by atoms with Crippen LogP contribution in [0.5, 0.6) is 0 Å². The molecule has 37 heteroatoms. The van der Waals surface area contributed by atoms with Gasteiger partial charge in [0.1, 0.15) is 46.8 Å². The van der Waals surface area contributed by atoms with Crippen molar-refractivity contribution in [2.75, 3.05) is 39.3 Å². The van der Waals surface area contributed by atoms with Crippen molar-refractivity contribution in [3.63, 3.8) is 0 Å². The van der Waals surface area contributed by atoms with E-state index in [1.165, 1.54) is 0 Å². The highest BCUT2D eigenvalue weighted by molar-refractivity contribution is 5.94. The van der Waals surface area contributed by atoms with E-state index in [0.29, 0.717) is 36.4 Å². The summed E-state index contributed by atoms with van der Waals surface area (Å²) in [5, 5.41) is 11.6. The van der Waals surface area contributed by atoms with Crippen molar-refractivity contribution < 1.29 is 127 Å². The van der Waals surface area contributed by atoms with Gasteiger partial charge in [-0.25, -0.2) is 49.1 Å². The number of alkyl halides is 9. The van der Waals surface area contributed by atoms with Gasteiger partial charge in [0.25, 0.3) is 0 Å². The molecule has 0 aliphatic carbocycles. The van der Waals surface area contributed by atoms with Gasteiger partial charge in [0.2, 0.25) is 35.4 Å². The Bertz CT molecular complexity index is 3230. The first-order chi connectivity index (χ1) is 45.1. The zero-order chi connectivity index (χ0) is 74.2. The number of amides is 8. The summed E-state index contributed by atoms with van der Waals surface area (Å²) in [5.41, 5.74) is 2.35. The third-order valence-electron chi connectivity index (χ3n) is 14.0. The Balaban J connectivity index is 0.000000315. The Hall–Kier alpha value is -8.70. The Morgan fingerprint density at radius 3 is 1.08 bits per heavy atom. The maximum Gasteiger partial charge on any atom is 0.407 e. The summed E-state index contributed by atoms with van der Waals surface area (Å²) in [6, 6.07) is -5.34. The minimum Gasteiger partial charge on any atom is -0.444 e. The molecule has 0 spiro atoms. The van der Waals surface area contributed by atoms with Crippen LogP contribution < -0.4 is 32.3 Å². The number of hydrogen-bond acceptors (Lipinski definition) is 11. The standard InChI is InChI=1S/2C22H27F6N3O4.C17H17F6N3O2/c2*1-21(2,3)35-20(34)30-13(7-12-8-15(24)16(25)10-14(12)23)9-18(32)31-6-4-5-29-19(33)17(31)11-22(26,27)28;18-11-7-13(20)12(19)5-9(11)4-10(24)6-15(27)26-3-1-2-25-16(28)14(26)8-17(21,22)23/h2*8,10,13,17H,4-7,9,11H2,1-3H3,(H,29,33)(H,30,34);5-7,14H,1-4,8,24H2,(H,25,28)/b;;10-6-/t13-,17+;13-,17-;/m11./s1. The molecule has 3 fully saturated rings. The van der Waals surface area contributed by atoms with Crippen LogP contribution in [-0.2, 0) is 57.5 Å². The summed E-state index contributed by atoms with van der Waals surface area (Å²) < 4.78 is 249. The molecule has 5 atom stereocenters. The van der Waals surface area contributed by atoms with Crippen molar-refractivity contribution in [2.45, 2.75) is 172 Å². The van der Waals surface area contributed by atoms with Crippen molar-refractivity contribution in [1.29, 1.82) is 0 Å². The van der Waals surface area contributed by atoms with Crippen LogP contribution in [0.2, 0.25) is 0 Å². The number of halogens is 18. The third kappa shape index (κ3) is 27.7. The first-order valence-corrected chi connectivity index (χ1v) is 29.9. The molecule has 8 amide bonds. The predicted molar refractivity (Wildman–Crippen MR) is 309 cm³/mol. The van der Waals surface area contributed by atoms with Crippen molar-refractivity contribution in [1.82, 2.24) is 41.3 Å². The largest absolute Gasteiger partial charge is 0.444 e. The van der Waals surface area contributed by atoms with Crippen LogP contribution in [0, 0.1) is 52.4 Å². The number of alkyl carbamates (subject to hydrolysis) is 2. The molecule has 0 saturated carbocycles. The number of nitrogens with zero attached hydrogens (tertiary/aromatic N) is 3. The lowest BCUT2D eigenvalue weighted by molar-refractivity contribution is -0.162. The number of hydrogen-bond donors (Lipinski definition) is 6. The van der Waals surface area contributed by atoms with Crippen molar-refractivity contribution in [3.05, 3.63) is 117 Å². The van der Waals surface area contributed by atoms with Crippen molar-refractivity contribution in [3.8, 4) is 0 Å². The maximum absolute atomic E-state index is 14.2. The molecular formula is C61H71F18N9O10. The van der Waals surface area contributed by atoms with E-state index in [1.807, 2.05) is 0 Å². The lowest BCUT2D eigenvalue weighted by Gasteiger charge is -2.31. The number of allylic oxidation sites excluding steroid dienone is 1. The molecule has 3 aliphatic rings. The van der Waals surface area contributed by atoms with Gasteiger partial charge in [-0.1, -0.05) is 0 Å². The average molecular weight is 1430 g/mol. The molecule has 3 aromatic rings. The Morgan fingerprint density at radius 1 is 0.480 bits per heavy atom. The topological polar surface area (TPSA) is 251 Å². The fraction of sp³-hybridized carbons (Fsp3) is 0.541. The fourth-order valence-electron chi connectivity index (χ4n) is 9.89. The molecule has 546 valence electrons. The van der Waals surface area contributed by atoms with E-state index in [4.69, 9.17) is 15.2 Å². The highest BCUT2D eigenvalue weighted by atomic mass is 19.4. The van der Waals surface area contributed by atoms with Crippen LogP contribution in [-0.4, -0.2) is 162 Å². The lowest BCUT2D eigenvalue weighted by Crippen LogP contribution is -2.51. The van der Waals surface area contributed by atoms with Crippen molar-refractivity contribution in [2.24, 2.45) is 5.73 Å². The first-order valence-electron chi connectivity index (χ1n) is 29.9. The van der Waals surface area contributed by atoms with Gasteiger partial charge in [-0.3, -0.25) is 28.8 Å². The van der Waals surface area contributed by atoms with Crippen LogP contribution in [0.4, 0.5) is 88.6 Å². The van der Waals surface area contributed by atoms with E-state index in [-0.39, 0.29) is 80.9 Å². The Labute approximate surface area is 548 Å². The van der Waals surface area contributed by atoms with Gasteiger partial charge in [-0.15, -0.1) is 0 Å². The number of nitrogens with one attached hydrogen (secondary N) is 5. The lowest BCUT2D eigenvalue weighted by atomic mass is 10.0. The van der Waals surface area contributed by atoms with E-state index in [2.05, 4.69) is 26.6 Å². The summed E-state index contributed by atoms with van der Waals surface area (Å²) in [6.07, 6.45) is -22.3. The monoisotopic (exact) mass is 1430 g/mol. The maximum atomic E-state index is 14.2. The predicted octanol–water partition coefficient (Wildman–Crippen LogP) is 9.36. The highest BCUT2D eigenvalue weighted by Crippen LogP contribution is 2.30. The van der Waals surface area contributed by atoms with Crippen molar-refractivity contribution >= 4 is 47.6 Å². The van der Waals surface area contributed by atoms with Gasteiger partial charge in [0.15, 0.2) is 34.9 Å². The molecule has 3 heterocycles.